The highest BCUT2D eigenvalue weighted by Crippen LogP contribution is 2.18. The fraction of sp³-hybridized carbons (Fsp3) is 0.250. The van der Waals surface area contributed by atoms with Crippen LogP contribution in [0.1, 0.15) is 18.4 Å². The Balaban J connectivity index is 1.58. The first-order valence-electron chi connectivity index (χ1n) is 9.11. The van der Waals surface area contributed by atoms with E-state index in [4.69, 9.17) is 0 Å². The van der Waals surface area contributed by atoms with Gasteiger partial charge >= 0.3 is 0 Å². The van der Waals surface area contributed by atoms with Crippen molar-refractivity contribution in [3.05, 3.63) is 59.9 Å². The molecule has 30 heavy (non-hydrogen) atoms. The molecule has 0 saturated carbocycles. The van der Waals surface area contributed by atoms with Gasteiger partial charge in [-0.1, -0.05) is 12.1 Å². The van der Waals surface area contributed by atoms with Crippen LogP contribution in [0.2, 0.25) is 0 Å². The molecule has 8 nitrogen and oxygen atoms in total. The number of imide groups is 1. The minimum atomic E-state index is -3.94. The van der Waals surface area contributed by atoms with Crippen molar-refractivity contribution in [3.63, 3.8) is 0 Å². The van der Waals surface area contributed by atoms with Gasteiger partial charge in [0.25, 0.3) is 0 Å². The van der Waals surface area contributed by atoms with E-state index in [9.17, 15) is 27.2 Å². The van der Waals surface area contributed by atoms with E-state index in [-0.39, 0.29) is 36.1 Å². The quantitative estimate of drug-likeness (QED) is 0.670. The number of halogens is 1. The van der Waals surface area contributed by atoms with Gasteiger partial charge in [0.1, 0.15) is 5.82 Å². The highest BCUT2D eigenvalue weighted by atomic mass is 32.2. The summed E-state index contributed by atoms with van der Waals surface area (Å²) in [6, 6.07) is 10.9. The number of likely N-dealkylation sites (tertiary alicyclic amines) is 1. The van der Waals surface area contributed by atoms with E-state index in [0.717, 1.165) is 34.1 Å². The predicted molar refractivity (Wildman–Crippen MR) is 106 cm³/mol. The van der Waals surface area contributed by atoms with E-state index >= 15 is 0 Å². The Morgan fingerprint density at radius 1 is 1.03 bits per heavy atom. The van der Waals surface area contributed by atoms with Gasteiger partial charge in [-0.05, 0) is 42.0 Å². The lowest BCUT2D eigenvalue weighted by Gasteiger charge is -2.17. The van der Waals surface area contributed by atoms with Gasteiger partial charge in [0.15, 0.2) is 0 Å². The summed E-state index contributed by atoms with van der Waals surface area (Å²) in [4.78, 5) is 36.7. The Morgan fingerprint density at radius 3 is 2.17 bits per heavy atom. The number of hydrogen-bond acceptors (Lipinski definition) is 5. The summed E-state index contributed by atoms with van der Waals surface area (Å²) in [5.41, 5.74) is 1.17. The van der Waals surface area contributed by atoms with Crippen molar-refractivity contribution in [2.75, 3.05) is 18.9 Å². The fourth-order valence-electron chi connectivity index (χ4n) is 2.95. The molecule has 1 heterocycles. The molecule has 1 aliphatic heterocycles. The molecule has 158 valence electrons. The molecule has 1 fully saturated rings. The average Bonchev–Trinajstić information content (AvgIpc) is 3.01. The van der Waals surface area contributed by atoms with E-state index in [1.165, 1.54) is 11.9 Å². The SMILES string of the molecule is CN(CC(=O)Nc1ccc(CN2C(=O)CCC2=O)cc1)S(=O)(=O)c1ccc(F)cc1. The second-order valence-corrected chi connectivity index (χ2v) is 8.88. The smallest absolute Gasteiger partial charge is 0.243 e. The number of amides is 3. The Morgan fingerprint density at radius 2 is 1.60 bits per heavy atom. The second-order valence-electron chi connectivity index (χ2n) is 6.83. The third kappa shape index (κ3) is 4.89. The standard InChI is InChI=1S/C20H20FN3O5S/c1-23(30(28,29)17-8-4-15(21)5-9-17)13-18(25)22-16-6-2-14(3-7-16)12-24-19(26)10-11-20(24)27/h2-9H,10-13H2,1H3,(H,22,25). The molecular formula is C20H20FN3O5S. The van der Waals surface area contributed by atoms with E-state index < -0.39 is 28.3 Å². The first-order chi connectivity index (χ1) is 14.2. The highest BCUT2D eigenvalue weighted by Gasteiger charge is 2.28. The van der Waals surface area contributed by atoms with Gasteiger partial charge in [-0.25, -0.2) is 12.8 Å². The van der Waals surface area contributed by atoms with Crippen molar-refractivity contribution in [1.82, 2.24) is 9.21 Å². The normalized spacial score (nSPS) is 14.4. The van der Waals surface area contributed by atoms with Crippen molar-refractivity contribution in [2.45, 2.75) is 24.3 Å². The zero-order chi connectivity index (χ0) is 21.9. The molecular weight excluding hydrogens is 413 g/mol. The summed E-state index contributed by atoms with van der Waals surface area (Å²) in [6.07, 6.45) is 0.447. The lowest BCUT2D eigenvalue weighted by atomic mass is 10.2. The Bertz CT molecular complexity index is 1050. The third-order valence-corrected chi connectivity index (χ3v) is 6.44. The average molecular weight is 433 g/mol. The molecule has 1 saturated heterocycles. The molecule has 1 N–H and O–H groups in total. The molecule has 3 rings (SSSR count). The lowest BCUT2D eigenvalue weighted by molar-refractivity contribution is -0.139. The van der Waals surface area contributed by atoms with Crippen molar-refractivity contribution in [2.24, 2.45) is 0 Å². The fourth-order valence-corrected chi connectivity index (χ4v) is 4.08. The largest absolute Gasteiger partial charge is 0.325 e. The summed E-state index contributed by atoms with van der Waals surface area (Å²) in [5.74, 6) is -1.53. The first kappa shape index (κ1) is 21.6. The van der Waals surface area contributed by atoms with Gasteiger partial charge in [0.2, 0.25) is 27.7 Å². The maximum atomic E-state index is 13.0. The molecule has 0 unspecified atom stereocenters. The zero-order valence-corrected chi connectivity index (χ0v) is 17.0. The topological polar surface area (TPSA) is 104 Å². The summed E-state index contributed by atoms with van der Waals surface area (Å²) < 4.78 is 38.8. The number of nitrogens with one attached hydrogen (secondary N) is 1. The Kier molecular flexibility index (Phi) is 6.28. The summed E-state index contributed by atoms with van der Waals surface area (Å²) in [5, 5.41) is 2.59. The summed E-state index contributed by atoms with van der Waals surface area (Å²) >= 11 is 0. The van der Waals surface area contributed by atoms with Crippen LogP contribution in [-0.4, -0.2) is 48.9 Å². The number of nitrogens with zero attached hydrogens (tertiary/aromatic N) is 2. The molecule has 0 aromatic heterocycles. The third-order valence-electron chi connectivity index (χ3n) is 4.62. The molecule has 0 radical (unpaired) electrons. The van der Waals surface area contributed by atoms with Crippen molar-refractivity contribution < 1.29 is 27.2 Å². The maximum Gasteiger partial charge on any atom is 0.243 e. The van der Waals surface area contributed by atoms with Gasteiger partial charge < -0.3 is 5.32 Å². The molecule has 0 atom stereocenters. The van der Waals surface area contributed by atoms with Crippen molar-refractivity contribution in [3.8, 4) is 0 Å². The second kappa shape index (κ2) is 8.72. The number of carbonyl (C=O) groups excluding carboxylic acids is 3. The van der Waals surface area contributed by atoms with Crippen molar-refractivity contribution in [1.29, 1.82) is 0 Å². The van der Waals surface area contributed by atoms with Crippen LogP contribution in [0.4, 0.5) is 10.1 Å². The number of likely N-dealkylation sites (N-methyl/N-ethyl adjacent to an activating group) is 1. The molecule has 2 aromatic rings. The number of sulfonamides is 1. The van der Waals surface area contributed by atoms with Crippen LogP contribution in [0.3, 0.4) is 0 Å². The maximum absolute atomic E-state index is 13.0. The highest BCUT2D eigenvalue weighted by molar-refractivity contribution is 7.89. The Hall–Kier alpha value is -3.11. The van der Waals surface area contributed by atoms with Crippen LogP contribution in [0.15, 0.2) is 53.4 Å². The van der Waals surface area contributed by atoms with Crippen molar-refractivity contribution >= 4 is 33.4 Å². The molecule has 0 spiro atoms. The van der Waals surface area contributed by atoms with Crippen LogP contribution in [0, 0.1) is 5.82 Å². The van der Waals surface area contributed by atoms with Crippen LogP contribution >= 0.6 is 0 Å². The zero-order valence-electron chi connectivity index (χ0n) is 16.2. The number of rotatable bonds is 7. The monoisotopic (exact) mass is 433 g/mol. The van der Waals surface area contributed by atoms with E-state index in [2.05, 4.69) is 5.32 Å². The predicted octanol–water partition coefficient (Wildman–Crippen LogP) is 1.73. The molecule has 0 bridgehead atoms. The minimum Gasteiger partial charge on any atom is -0.325 e. The molecule has 2 aromatic carbocycles. The van der Waals surface area contributed by atoms with Gasteiger partial charge in [0, 0.05) is 25.6 Å². The number of benzene rings is 2. The summed E-state index contributed by atoms with van der Waals surface area (Å²) in [6.45, 7) is -0.261. The van der Waals surface area contributed by atoms with Crippen LogP contribution in [0.5, 0.6) is 0 Å². The van der Waals surface area contributed by atoms with E-state index in [1.54, 1.807) is 24.3 Å². The molecule has 1 aliphatic rings. The number of anilines is 1. The number of carbonyl (C=O) groups is 3. The van der Waals surface area contributed by atoms with Crippen LogP contribution in [0.25, 0.3) is 0 Å². The Labute approximate surface area is 173 Å². The van der Waals surface area contributed by atoms with Gasteiger partial charge in [-0.3, -0.25) is 19.3 Å². The molecule has 0 aliphatic carbocycles. The minimum absolute atomic E-state index is 0.116. The summed E-state index contributed by atoms with van der Waals surface area (Å²) in [7, 11) is -2.68. The number of hydrogen-bond donors (Lipinski definition) is 1. The molecule has 3 amide bonds. The molecule has 10 heteroatoms. The van der Waals surface area contributed by atoms with Gasteiger partial charge in [0.05, 0.1) is 18.0 Å². The first-order valence-corrected chi connectivity index (χ1v) is 10.5. The van der Waals surface area contributed by atoms with E-state index in [1.807, 2.05) is 0 Å². The van der Waals surface area contributed by atoms with Gasteiger partial charge in [-0.15, -0.1) is 0 Å². The van der Waals surface area contributed by atoms with Gasteiger partial charge in [-0.2, -0.15) is 4.31 Å². The van der Waals surface area contributed by atoms with Crippen LogP contribution in [-0.2, 0) is 31.0 Å². The lowest BCUT2D eigenvalue weighted by Crippen LogP contribution is -2.35. The van der Waals surface area contributed by atoms with Crippen LogP contribution < -0.4 is 5.32 Å². The van der Waals surface area contributed by atoms with E-state index in [0.29, 0.717) is 5.69 Å².